The number of amides is 1. The van der Waals surface area contributed by atoms with Gasteiger partial charge in [-0.1, -0.05) is 44.2 Å². The molecule has 0 spiro atoms. The Balaban J connectivity index is 1.57. The van der Waals surface area contributed by atoms with Crippen molar-refractivity contribution in [1.82, 2.24) is 19.6 Å². The van der Waals surface area contributed by atoms with Crippen LogP contribution in [0.3, 0.4) is 0 Å². The number of carbonyl (C=O) groups excluding carboxylic acids is 1. The molecule has 0 bridgehead atoms. The van der Waals surface area contributed by atoms with Gasteiger partial charge in [-0.25, -0.2) is 4.98 Å². The third kappa shape index (κ3) is 4.78. The molecule has 1 aromatic carbocycles. The molecule has 5 heteroatoms. The highest BCUT2D eigenvalue weighted by atomic mass is 16.1. The number of nitrogens with zero attached hydrogens (tertiary/aromatic N) is 3. The summed E-state index contributed by atoms with van der Waals surface area (Å²) in [4.78, 5) is 19.5. The van der Waals surface area contributed by atoms with Gasteiger partial charge >= 0.3 is 0 Å². The maximum atomic E-state index is 12.5. The van der Waals surface area contributed by atoms with Crippen LogP contribution in [0, 0.1) is 0 Å². The summed E-state index contributed by atoms with van der Waals surface area (Å²) in [7, 11) is 0. The van der Waals surface area contributed by atoms with Crippen LogP contribution >= 0.6 is 0 Å². The van der Waals surface area contributed by atoms with E-state index in [0.29, 0.717) is 0 Å². The molecule has 2 aromatic heterocycles. The lowest BCUT2D eigenvalue weighted by Gasteiger charge is -2.18. The topological polar surface area (TPSA) is 49.6 Å². The minimum absolute atomic E-state index is 0.0834. The molecule has 0 aliphatic carbocycles. The van der Waals surface area contributed by atoms with Gasteiger partial charge in [0.15, 0.2) is 0 Å². The van der Waals surface area contributed by atoms with Gasteiger partial charge in [0.1, 0.15) is 5.65 Å². The molecular formula is C23H30N4O. The van der Waals surface area contributed by atoms with Crippen LogP contribution in [0.4, 0.5) is 0 Å². The van der Waals surface area contributed by atoms with Gasteiger partial charge in [-0.2, -0.15) is 0 Å². The highest BCUT2D eigenvalue weighted by molar-refractivity contribution is 5.83. The number of hydrogen-bond acceptors (Lipinski definition) is 3. The molecule has 0 aliphatic heterocycles. The highest BCUT2D eigenvalue weighted by Gasteiger charge is 2.15. The zero-order chi connectivity index (χ0) is 19.9. The van der Waals surface area contributed by atoms with Crippen LogP contribution in [-0.2, 0) is 4.79 Å². The number of imidazole rings is 1. The molecule has 0 saturated heterocycles. The predicted molar refractivity (Wildman–Crippen MR) is 114 cm³/mol. The summed E-state index contributed by atoms with van der Waals surface area (Å²) in [5.41, 5.74) is 3.94. The van der Waals surface area contributed by atoms with Crippen molar-refractivity contribution in [1.29, 1.82) is 0 Å². The van der Waals surface area contributed by atoms with Crippen molar-refractivity contribution in [3.05, 3.63) is 60.4 Å². The lowest BCUT2D eigenvalue weighted by molar-refractivity contribution is -0.122. The molecule has 1 amide bonds. The zero-order valence-corrected chi connectivity index (χ0v) is 17.1. The monoisotopic (exact) mass is 378 g/mol. The van der Waals surface area contributed by atoms with E-state index in [0.717, 1.165) is 55.1 Å². The number of pyridine rings is 1. The van der Waals surface area contributed by atoms with Crippen molar-refractivity contribution in [2.45, 2.75) is 33.1 Å². The van der Waals surface area contributed by atoms with E-state index in [9.17, 15) is 4.79 Å². The van der Waals surface area contributed by atoms with Crippen molar-refractivity contribution in [3.8, 4) is 11.3 Å². The van der Waals surface area contributed by atoms with Gasteiger partial charge < -0.3 is 14.6 Å². The molecule has 28 heavy (non-hydrogen) atoms. The van der Waals surface area contributed by atoms with Crippen LogP contribution < -0.4 is 5.32 Å². The average molecular weight is 379 g/mol. The van der Waals surface area contributed by atoms with E-state index in [-0.39, 0.29) is 11.8 Å². The Labute approximate surface area is 167 Å². The summed E-state index contributed by atoms with van der Waals surface area (Å²) in [5.74, 6) is -0.0800. The largest absolute Gasteiger partial charge is 0.356 e. The zero-order valence-electron chi connectivity index (χ0n) is 17.1. The van der Waals surface area contributed by atoms with Gasteiger partial charge in [0.25, 0.3) is 0 Å². The molecule has 148 valence electrons. The van der Waals surface area contributed by atoms with E-state index >= 15 is 0 Å². The maximum Gasteiger partial charge on any atom is 0.227 e. The Morgan fingerprint density at radius 3 is 2.57 bits per heavy atom. The van der Waals surface area contributed by atoms with E-state index < -0.39 is 0 Å². The van der Waals surface area contributed by atoms with Gasteiger partial charge in [-0.3, -0.25) is 4.79 Å². The SMILES string of the molecule is CCN(CC)CCCNC(=O)C(C)c1ccc(-c2cn3ccccc3n2)cc1. The summed E-state index contributed by atoms with van der Waals surface area (Å²) in [5, 5.41) is 3.07. The van der Waals surface area contributed by atoms with Crippen molar-refractivity contribution in [2.75, 3.05) is 26.2 Å². The molecule has 0 radical (unpaired) electrons. The number of rotatable bonds is 9. The Hall–Kier alpha value is -2.66. The Morgan fingerprint density at radius 1 is 1.14 bits per heavy atom. The third-order valence-electron chi connectivity index (χ3n) is 5.31. The fourth-order valence-corrected chi connectivity index (χ4v) is 3.37. The average Bonchev–Trinajstić information content (AvgIpc) is 3.17. The van der Waals surface area contributed by atoms with Crippen LogP contribution in [0.1, 0.15) is 38.7 Å². The van der Waals surface area contributed by atoms with Gasteiger partial charge in [-0.05, 0) is 50.7 Å². The predicted octanol–water partition coefficient (Wildman–Crippen LogP) is 3.95. The summed E-state index contributed by atoms with van der Waals surface area (Å²) < 4.78 is 2.01. The summed E-state index contributed by atoms with van der Waals surface area (Å²) in [6, 6.07) is 14.1. The van der Waals surface area contributed by atoms with E-state index in [1.165, 1.54) is 0 Å². The molecule has 3 aromatic rings. The van der Waals surface area contributed by atoms with Crippen LogP contribution in [0.25, 0.3) is 16.9 Å². The van der Waals surface area contributed by atoms with Crippen LogP contribution in [0.2, 0.25) is 0 Å². The minimum atomic E-state index is -0.163. The van der Waals surface area contributed by atoms with Crippen molar-refractivity contribution in [2.24, 2.45) is 0 Å². The van der Waals surface area contributed by atoms with E-state index in [1.54, 1.807) is 0 Å². The van der Waals surface area contributed by atoms with E-state index in [4.69, 9.17) is 0 Å². The smallest absolute Gasteiger partial charge is 0.227 e. The Morgan fingerprint density at radius 2 is 1.89 bits per heavy atom. The quantitative estimate of drug-likeness (QED) is 0.574. The maximum absolute atomic E-state index is 12.5. The first-order valence-electron chi connectivity index (χ1n) is 10.2. The molecule has 0 saturated carbocycles. The van der Waals surface area contributed by atoms with Gasteiger partial charge in [-0.15, -0.1) is 0 Å². The van der Waals surface area contributed by atoms with Gasteiger partial charge in [0.2, 0.25) is 5.91 Å². The number of benzene rings is 1. The second kappa shape index (κ2) is 9.51. The second-order valence-corrected chi connectivity index (χ2v) is 7.11. The Kier molecular flexibility index (Phi) is 6.82. The fraction of sp³-hybridized carbons (Fsp3) is 0.391. The molecule has 1 atom stereocenters. The number of hydrogen-bond donors (Lipinski definition) is 1. The summed E-state index contributed by atoms with van der Waals surface area (Å²) in [6.45, 7) is 10.1. The molecule has 1 N–H and O–H groups in total. The third-order valence-corrected chi connectivity index (χ3v) is 5.31. The highest BCUT2D eigenvalue weighted by Crippen LogP contribution is 2.23. The number of carbonyl (C=O) groups is 1. The first-order valence-corrected chi connectivity index (χ1v) is 10.2. The van der Waals surface area contributed by atoms with E-state index in [2.05, 4.69) is 29.0 Å². The molecule has 0 fully saturated rings. The van der Waals surface area contributed by atoms with Gasteiger partial charge in [0.05, 0.1) is 11.6 Å². The van der Waals surface area contributed by atoms with Crippen molar-refractivity contribution >= 4 is 11.6 Å². The van der Waals surface area contributed by atoms with Crippen LogP contribution in [0.15, 0.2) is 54.9 Å². The van der Waals surface area contributed by atoms with Crippen molar-refractivity contribution < 1.29 is 4.79 Å². The number of fused-ring (bicyclic) bond motifs is 1. The lowest BCUT2D eigenvalue weighted by atomic mass is 9.98. The molecule has 2 heterocycles. The molecule has 1 unspecified atom stereocenters. The second-order valence-electron chi connectivity index (χ2n) is 7.11. The van der Waals surface area contributed by atoms with Crippen molar-refractivity contribution in [3.63, 3.8) is 0 Å². The number of nitrogens with one attached hydrogen (secondary N) is 1. The lowest BCUT2D eigenvalue weighted by Crippen LogP contribution is -2.32. The fourth-order valence-electron chi connectivity index (χ4n) is 3.37. The first-order chi connectivity index (χ1) is 13.6. The normalized spacial score (nSPS) is 12.4. The summed E-state index contributed by atoms with van der Waals surface area (Å²) >= 11 is 0. The molecule has 0 aliphatic rings. The van der Waals surface area contributed by atoms with E-state index in [1.807, 2.05) is 66.2 Å². The minimum Gasteiger partial charge on any atom is -0.356 e. The number of aromatic nitrogens is 2. The van der Waals surface area contributed by atoms with Crippen LogP contribution in [-0.4, -0.2) is 46.4 Å². The molecule has 5 nitrogen and oxygen atoms in total. The van der Waals surface area contributed by atoms with Crippen LogP contribution in [0.5, 0.6) is 0 Å². The molecule has 3 rings (SSSR count). The first kappa shape index (κ1) is 20.1. The molecular weight excluding hydrogens is 348 g/mol. The Bertz CT molecular complexity index is 863. The van der Waals surface area contributed by atoms with Gasteiger partial charge in [0, 0.05) is 24.5 Å². The standard InChI is InChI=1S/C23H30N4O/c1-4-26(5-2)15-8-14-24-23(28)18(3)19-10-12-20(13-11-19)21-17-27-16-7-6-9-22(27)25-21/h6-7,9-13,16-18H,4-5,8,14-15H2,1-3H3,(H,24,28). The summed E-state index contributed by atoms with van der Waals surface area (Å²) in [6.07, 6.45) is 5.00.